The molecule has 1 aliphatic heterocycles. The summed E-state index contributed by atoms with van der Waals surface area (Å²) in [4.78, 5) is 42.2. The van der Waals surface area contributed by atoms with Gasteiger partial charge in [0.1, 0.15) is 23.7 Å². The summed E-state index contributed by atoms with van der Waals surface area (Å²) in [5.41, 5.74) is -0.113. The first-order chi connectivity index (χ1) is 12.8. The number of imide groups is 1. The molecule has 1 N–H and O–H groups in total. The van der Waals surface area contributed by atoms with Crippen molar-refractivity contribution in [1.82, 2.24) is 15.2 Å². The van der Waals surface area contributed by atoms with Gasteiger partial charge in [-0.05, 0) is 37.8 Å². The van der Waals surface area contributed by atoms with Crippen molar-refractivity contribution in [2.24, 2.45) is 5.92 Å². The van der Waals surface area contributed by atoms with Crippen LogP contribution < -0.4 is 5.32 Å². The fourth-order valence-electron chi connectivity index (χ4n) is 2.94. The summed E-state index contributed by atoms with van der Waals surface area (Å²) in [6.07, 6.45) is 1.34. The van der Waals surface area contributed by atoms with Crippen LogP contribution in [-0.2, 0) is 20.9 Å². The number of fused-ring (bicyclic) bond motifs is 1. The molecule has 0 saturated carbocycles. The minimum Gasteiger partial charge on any atom is -0.457 e. The molecule has 2 heterocycles. The predicted octanol–water partition coefficient (Wildman–Crippen LogP) is 3.09. The predicted molar refractivity (Wildman–Crippen MR) is 102 cm³/mol. The summed E-state index contributed by atoms with van der Waals surface area (Å²) in [6, 6.07) is 7.10. The molecule has 8 heteroatoms. The summed E-state index contributed by atoms with van der Waals surface area (Å²) in [5, 5.41) is 3.37. The molecule has 144 valence electrons. The standard InChI is InChI=1S/C19H23N3O4S/c1-12(2)8-9-19(3)17(24)22(18(25)21-19)10-16(23)26-11-15-20-13-6-4-5-7-14(13)27-15/h4-7,12H,8-11H2,1-3H3,(H,21,25)/t19-/m1/s1. The van der Waals surface area contributed by atoms with E-state index >= 15 is 0 Å². The molecular weight excluding hydrogens is 366 g/mol. The molecule has 1 aromatic heterocycles. The number of nitrogens with zero attached hydrogens (tertiary/aromatic N) is 2. The number of carbonyl (C=O) groups is 3. The lowest BCUT2D eigenvalue weighted by Crippen LogP contribution is -2.44. The Morgan fingerprint density at radius 1 is 1.33 bits per heavy atom. The summed E-state index contributed by atoms with van der Waals surface area (Å²) in [6.45, 7) is 5.44. The number of urea groups is 1. The zero-order valence-corrected chi connectivity index (χ0v) is 16.5. The summed E-state index contributed by atoms with van der Waals surface area (Å²) < 4.78 is 6.23. The number of hydrogen-bond donors (Lipinski definition) is 1. The second-order valence-electron chi connectivity index (χ2n) is 7.32. The van der Waals surface area contributed by atoms with Crippen molar-refractivity contribution >= 4 is 39.5 Å². The normalized spacial score (nSPS) is 19.8. The lowest BCUT2D eigenvalue weighted by atomic mass is 9.92. The van der Waals surface area contributed by atoms with Gasteiger partial charge in [0.25, 0.3) is 5.91 Å². The number of thiazole rings is 1. The number of carbonyl (C=O) groups excluding carboxylic acids is 3. The van der Waals surface area contributed by atoms with E-state index in [0.29, 0.717) is 17.3 Å². The average Bonchev–Trinajstić information content (AvgIpc) is 3.13. The van der Waals surface area contributed by atoms with Gasteiger partial charge in [0, 0.05) is 0 Å². The highest BCUT2D eigenvalue weighted by molar-refractivity contribution is 7.18. The fourth-order valence-corrected chi connectivity index (χ4v) is 3.82. The van der Waals surface area contributed by atoms with Crippen molar-refractivity contribution in [3.05, 3.63) is 29.3 Å². The highest BCUT2D eigenvalue weighted by atomic mass is 32.1. The van der Waals surface area contributed by atoms with Gasteiger partial charge >= 0.3 is 12.0 Å². The zero-order chi connectivity index (χ0) is 19.6. The highest BCUT2D eigenvalue weighted by Gasteiger charge is 2.48. The average molecular weight is 389 g/mol. The Morgan fingerprint density at radius 2 is 2.07 bits per heavy atom. The van der Waals surface area contributed by atoms with E-state index in [4.69, 9.17) is 4.74 Å². The molecule has 1 aromatic carbocycles. The van der Waals surface area contributed by atoms with Crippen molar-refractivity contribution in [3.63, 3.8) is 0 Å². The van der Waals surface area contributed by atoms with Crippen LogP contribution in [0.1, 0.15) is 38.6 Å². The topological polar surface area (TPSA) is 88.6 Å². The lowest BCUT2D eigenvalue weighted by Gasteiger charge is -2.22. The molecule has 0 bridgehead atoms. The van der Waals surface area contributed by atoms with Gasteiger partial charge in [-0.2, -0.15) is 0 Å². The fraction of sp³-hybridized carbons (Fsp3) is 0.474. The van der Waals surface area contributed by atoms with E-state index in [1.807, 2.05) is 24.3 Å². The van der Waals surface area contributed by atoms with E-state index in [0.717, 1.165) is 21.5 Å². The van der Waals surface area contributed by atoms with Gasteiger partial charge in [-0.15, -0.1) is 11.3 Å². The number of para-hydroxylation sites is 1. The minimum absolute atomic E-state index is 0.0203. The molecule has 3 rings (SSSR count). The Hall–Kier alpha value is -2.48. The van der Waals surface area contributed by atoms with Crippen LogP contribution in [0.3, 0.4) is 0 Å². The molecule has 1 aliphatic rings. The molecular formula is C19H23N3O4S. The van der Waals surface area contributed by atoms with Crippen LogP contribution in [0.5, 0.6) is 0 Å². The van der Waals surface area contributed by atoms with Crippen LogP contribution in [0.4, 0.5) is 4.79 Å². The smallest absolute Gasteiger partial charge is 0.326 e. The lowest BCUT2D eigenvalue weighted by molar-refractivity contribution is -0.148. The first kappa shape index (κ1) is 19.3. The third kappa shape index (κ3) is 4.27. The van der Waals surface area contributed by atoms with Crippen molar-refractivity contribution in [2.45, 2.75) is 45.8 Å². The Bertz CT molecular complexity index is 846. The largest absolute Gasteiger partial charge is 0.457 e. The molecule has 27 heavy (non-hydrogen) atoms. The third-order valence-corrected chi connectivity index (χ3v) is 5.56. The van der Waals surface area contributed by atoms with Gasteiger partial charge in [-0.1, -0.05) is 26.0 Å². The molecule has 2 aromatic rings. The Balaban J connectivity index is 1.57. The minimum atomic E-state index is -0.964. The summed E-state index contributed by atoms with van der Waals surface area (Å²) >= 11 is 1.44. The second kappa shape index (κ2) is 7.64. The van der Waals surface area contributed by atoms with Gasteiger partial charge in [-0.3, -0.25) is 14.5 Å². The second-order valence-corrected chi connectivity index (χ2v) is 8.44. The molecule has 0 unspecified atom stereocenters. The maximum Gasteiger partial charge on any atom is 0.326 e. The van der Waals surface area contributed by atoms with E-state index in [1.54, 1.807) is 6.92 Å². The number of ether oxygens (including phenoxy) is 1. The quantitative estimate of drug-likeness (QED) is 0.581. The number of aromatic nitrogens is 1. The first-order valence-electron chi connectivity index (χ1n) is 8.93. The van der Waals surface area contributed by atoms with Gasteiger partial charge in [0.15, 0.2) is 0 Å². The van der Waals surface area contributed by atoms with Crippen LogP contribution >= 0.6 is 11.3 Å². The highest BCUT2D eigenvalue weighted by Crippen LogP contribution is 2.25. The van der Waals surface area contributed by atoms with E-state index in [9.17, 15) is 14.4 Å². The van der Waals surface area contributed by atoms with Crippen molar-refractivity contribution in [1.29, 1.82) is 0 Å². The van der Waals surface area contributed by atoms with Crippen LogP contribution in [0, 0.1) is 5.92 Å². The summed E-state index contributed by atoms with van der Waals surface area (Å²) in [7, 11) is 0. The number of benzene rings is 1. The maximum atomic E-state index is 12.6. The Labute approximate surface area is 161 Å². The summed E-state index contributed by atoms with van der Waals surface area (Å²) in [5.74, 6) is -0.602. The molecule has 7 nitrogen and oxygen atoms in total. The maximum absolute atomic E-state index is 12.6. The van der Waals surface area contributed by atoms with Crippen LogP contribution in [0.25, 0.3) is 10.2 Å². The van der Waals surface area contributed by atoms with Crippen LogP contribution in [0.2, 0.25) is 0 Å². The SMILES string of the molecule is CC(C)CC[C@@]1(C)NC(=O)N(CC(=O)OCc2nc3ccccc3s2)C1=O. The first-order valence-corrected chi connectivity index (χ1v) is 9.74. The third-order valence-electron chi connectivity index (χ3n) is 4.55. The van der Waals surface area contributed by atoms with Gasteiger partial charge in [-0.25, -0.2) is 9.78 Å². The number of nitrogens with one attached hydrogen (secondary N) is 1. The van der Waals surface area contributed by atoms with Crippen molar-refractivity contribution in [2.75, 3.05) is 6.54 Å². The Morgan fingerprint density at radius 3 is 2.78 bits per heavy atom. The van der Waals surface area contributed by atoms with Crippen molar-refractivity contribution < 1.29 is 19.1 Å². The van der Waals surface area contributed by atoms with Crippen molar-refractivity contribution in [3.8, 4) is 0 Å². The number of rotatable bonds is 7. The molecule has 0 spiro atoms. The van der Waals surface area contributed by atoms with E-state index < -0.39 is 24.1 Å². The zero-order valence-electron chi connectivity index (χ0n) is 15.7. The molecule has 1 saturated heterocycles. The number of esters is 1. The molecule has 3 amide bonds. The van der Waals surface area contributed by atoms with E-state index in [1.165, 1.54) is 11.3 Å². The van der Waals surface area contributed by atoms with E-state index in [2.05, 4.69) is 24.1 Å². The van der Waals surface area contributed by atoms with Gasteiger partial charge in [0.05, 0.1) is 10.2 Å². The van der Waals surface area contributed by atoms with E-state index in [-0.39, 0.29) is 12.5 Å². The molecule has 0 radical (unpaired) electrons. The Kier molecular flexibility index (Phi) is 5.46. The molecule has 1 fully saturated rings. The monoisotopic (exact) mass is 389 g/mol. The molecule has 1 atom stereocenters. The molecule has 0 aliphatic carbocycles. The van der Waals surface area contributed by atoms with Crippen LogP contribution in [-0.4, -0.2) is 39.9 Å². The van der Waals surface area contributed by atoms with Gasteiger partial charge < -0.3 is 10.1 Å². The van der Waals surface area contributed by atoms with Gasteiger partial charge in [0.2, 0.25) is 0 Å². The number of hydrogen-bond acceptors (Lipinski definition) is 6. The van der Waals surface area contributed by atoms with Crippen LogP contribution in [0.15, 0.2) is 24.3 Å². The number of amides is 3.